The van der Waals surface area contributed by atoms with Gasteiger partial charge in [-0.1, -0.05) is 48.0 Å². The Kier molecular flexibility index (Phi) is 6.11. The van der Waals surface area contributed by atoms with Gasteiger partial charge >= 0.3 is 5.97 Å². The predicted molar refractivity (Wildman–Crippen MR) is 117 cm³/mol. The van der Waals surface area contributed by atoms with Crippen molar-refractivity contribution in [2.75, 3.05) is 7.11 Å². The summed E-state index contributed by atoms with van der Waals surface area (Å²) in [6.07, 6.45) is 0. The minimum absolute atomic E-state index is 0.415. The van der Waals surface area contributed by atoms with Crippen molar-refractivity contribution >= 4 is 17.6 Å². The van der Waals surface area contributed by atoms with E-state index in [-0.39, 0.29) is 0 Å². The molecule has 0 N–H and O–H groups in total. The SMILES string of the molecule is COC(C(=O)Oc1ccc(Cl)cc1)(c1c(C)cccc1C)c1c(C)cccc1C. The van der Waals surface area contributed by atoms with Gasteiger partial charge in [0.05, 0.1) is 0 Å². The lowest BCUT2D eigenvalue weighted by atomic mass is 9.77. The van der Waals surface area contributed by atoms with Gasteiger partial charge in [0.2, 0.25) is 5.60 Å². The fourth-order valence-electron chi connectivity index (χ4n) is 4.04. The zero-order valence-electron chi connectivity index (χ0n) is 17.4. The molecule has 0 bridgehead atoms. The Bertz CT molecular complexity index is 946. The van der Waals surface area contributed by atoms with E-state index in [0.717, 1.165) is 33.4 Å². The smallest absolute Gasteiger partial charge is 0.353 e. The molecular weight excluding hydrogens is 384 g/mol. The second-order valence-corrected chi connectivity index (χ2v) is 7.70. The van der Waals surface area contributed by atoms with Gasteiger partial charge in [0.25, 0.3) is 0 Å². The van der Waals surface area contributed by atoms with Gasteiger partial charge in [-0.15, -0.1) is 0 Å². The van der Waals surface area contributed by atoms with Crippen molar-refractivity contribution in [2.45, 2.75) is 33.3 Å². The Morgan fingerprint density at radius 2 is 1.17 bits per heavy atom. The number of halogens is 1. The number of carbonyl (C=O) groups excluding carboxylic acids is 1. The molecule has 0 heterocycles. The number of esters is 1. The van der Waals surface area contributed by atoms with Crippen LogP contribution in [0.1, 0.15) is 33.4 Å². The Balaban J connectivity index is 2.28. The first-order valence-corrected chi connectivity index (χ1v) is 9.85. The fraction of sp³-hybridized carbons (Fsp3) is 0.240. The van der Waals surface area contributed by atoms with Crippen molar-refractivity contribution in [3.8, 4) is 5.75 Å². The number of ether oxygens (including phenoxy) is 2. The molecule has 150 valence electrons. The molecule has 0 unspecified atom stereocenters. The average Bonchev–Trinajstić information content (AvgIpc) is 2.68. The molecule has 29 heavy (non-hydrogen) atoms. The molecule has 0 radical (unpaired) electrons. The van der Waals surface area contributed by atoms with Crippen LogP contribution in [-0.2, 0) is 15.1 Å². The number of rotatable bonds is 5. The molecule has 0 saturated carbocycles. The summed E-state index contributed by atoms with van der Waals surface area (Å²) in [5.74, 6) is -0.0737. The van der Waals surface area contributed by atoms with E-state index in [2.05, 4.69) is 0 Å². The predicted octanol–water partition coefficient (Wildman–Crippen LogP) is 6.07. The van der Waals surface area contributed by atoms with Crippen LogP contribution in [0.4, 0.5) is 0 Å². The Morgan fingerprint density at radius 1 is 0.759 bits per heavy atom. The van der Waals surface area contributed by atoms with Gasteiger partial charge in [0, 0.05) is 23.3 Å². The van der Waals surface area contributed by atoms with E-state index in [1.807, 2.05) is 64.1 Å². The fourth-order valence-corrected chi connectivity index (χ4v) is 4.16. The molecule has 0 spiro atoms. The summed E-state index contributed by atoms with van der Waals surface area (Å²) in [5.41, 5.74) is 4.05. The maximum Gasteiger partial charge on any atom is 0.353 e. The van der Waals surface area contributed by atoms with Crippen LogP contribution in [0.15, 0.2) is 60.7 Å². The van der Waals surface area contributed by atoms with Crippen molar-refractivity contribution in [1.82, 2.24) is 0 Å². The number of carbonyl (C=O) groups is 1. The summed E-state index contributed by atoms with van der Waals surface area (Å²) in [6, 6.07) is 18.6. The van der Waals surface area contributed by atoms with E-state index < -0.39 is 11.6 Å². The number of hydrogen-bond acceptors (Lipinski definition) is 3. The van der Waals surface area contributed by atoms with Crippen LogP contribution in [0.25, 0.3) is 0 Å². The molecule has 0 saturated heterocycles. The van der Waals surface area contributed by atoms with E-state index >= 15 is 0 Å². The van der Waals surface area contributed by atoms with Gasteiger partial charge in [-0.3, -0.25) is 0 Å². The quantitative estimate of drug-likeness (QED) is 0.379. The molecule has 0 aromatic heterocycles. The first kappa shape index (κ1) is 21.1. The van der Waals surface area contributed by atoms with Gasteiger partial charge < -0.3 is 9.47 Å². The van der Waals surface area contributed by atoms with E-state index in [9.17, 15) is 4.79 Å². The summed E-state index contributed by atoms with van der Waals surface area (Å²) < 4.78 is 11.9. The molecule has 3 nitrogen and oxygen atoms in total. The average molecular weight is 409 g/mol. The second-order valence-electron chi connectivity index (χ2n) is 7.26. The third-order valence-electron chi connectivity index (χ3n) is 5.28. The van der Waals surface area contributed by atoms with Gasteiger partial charge in [0.1, 0.15) is 5.75 Å². The minimum atomic E-state index is -1.40. The summed E-state index contributed by atoms with van der Waals surface area (Å²) >= 11 is 5.98. The molecule has 0 amide bonds. The highest BCUT2D eigenvalue weighted by Gasteiger charge is 2.48. The highest BCUT2D eigenvalue weighted by atomic mass is 35.5. The van der Waals surface area contributed by atoms with Gasteiger partial charge in [-0.2, -0.15) is 0 Å². The molecule has 0 atom stereocenters. The molecule has 0 fully saturated rings. The molecule has 0 aliphatic rings. The number of aryl methyl sites for hydroxylation is 4. The lowest BCUT2D eigenvalue weighted by molar-refractivity contribution is -0.155. The first-order chi connectivity index (χ1) is 13.8. The Labute approximate surface area is 177 Å². The van der Waals surface area contributed by atoms with Gasteiger partial charge in [0.15, 0.2) is 0 Å². The minimum Gasteiger partial charge on any atom is -0.424 e. The van der Waals surface area contributed by atoms with Crippen molar-refractivity contribution in [3.63, 3.8) is 0 Å². The molecule has 3 aromatic rings. The van der Waals surface area contributed by atoms with Crippen LogP contribution in [-0.4, -0.2) is 13.1 Å². The van der Waals surface area contributed by atoms with Crippen molar-refractivity contribution in [2.24, 2.45) is 0 Å². The lowest BCUT2D eigenvalue weighted by Crippen LogP contribution is -2.44. The maximum absolute atomic E-state index is 13.8. The first-order valence-electron chi connectivity index (χ1n) is 9.47. The van der Waals surface area contributed by atoms with Crippen LogP contribution < -0.4 is 4.74 Å². The van der Waals surface area contributed by atoms with Crippen LogP contribution in [0.5, 0.6) is 5.75 Å². The van der Waals surface area contributed by atoms with E-state index in [0.29, 0.717) is 10.8 Å². The Hall–Kier alpha value is -2.62. The summed E-state index contributed by atoms with van der Waals surface area (Å²) in [6.45, 7) is 7.94. The van der Waals surface area contributed by atoms with Crippen LogP contribution >= 0.6 is 11.6 Å². The lowest BCUT2D eigenvalue weighted by Gasteiger charge is -2.35. The zero-order valence-corrected chi connectivity index (χ0v) is 18.1. The van der Waals surface area contributed by atoms with E-state index in [1.54, 1.807) is 31.4 Å². The number of benzene rings is 3. The largest absolute Gasteiger partial charge is 0.424 e. The molecule has 3 aromatic carbocycles. The molecular formula is C25H25ClO3. The normalized spacial score (nSPS) is 11.4. The van der Waals surface area contributed by atoms with Crippen LogP contribution in [0, 0.1) is 27.7 Å². The van der Waals surface area contributed by atoms with Crippen molar-refractivity contribution in [1.29, 1.82) is 0 Å². The highest BCUT2D eigenvalue weighted by Crippen LogP contribution is 2.41. The second kappa shape index (κ2) is 8.40. The number of hydrogen-bond donors (Lipinski definition) is 0. The summed E-state index contributed by atoms with van der Waals surface area (Å²) in [4.78, 5) is 13.8. The van der Waals surface area contributed by atoms with Gasteiger partial charge in [-0.05, 0) is 74.2 Å². The summed E-state index contributed by atoms with van der Waals surface area (Å²) in [7, 11) is 1.56. The van der Waals surface area contributed by atoms with Crippen molar-refractivity contribution < 1.29 is 14.3 Å². The highest BCUT2D eigenvalue weighted by molar-refractivity contribution is 6.30. The molecule has 4 heteroatoms. The number of methoxy groups -OCH3 is 1. The van der Waals surface area contributed by atoms with Crippen molar-refractivity contribution in [3.05, 3.63) is 99.1 Å². The third kappa shape index (κ3) is 3.81. The van der Waals surface area contributed by atoms with Gasteiger partial charge in [-0.25, -0.2) is 4.79 Å². The Morgan fingerprint density at radius 3 is 1.55 bits per heavy atom. The maximum atomic E-state index is 13.8. The van der Waals surface area contributed by atoms with Crippen LogP contribution in [0.2, 0.25) is 5.02 Å². The molecule has 3 rings (SSSR count). The standard InChI is InChI=1S/C25H25ClO3/c1-16-8-6-9-17(2)22(16)25(28-5,23-18(3)10-7-11-19(23)4)24(27)29-21-14-12-20(26)13-15-21/h6-15H,1-5H3. The zero-order chi connectivity index (χ0) is 21.2. The van der Waals surface area contributed by atoms with E-state index in [4.69, 9.17) is 21.1 Å². The van der Waals surface area contributed by atoms with Crippen LogP contribution in [0.3, 0.4) is 0 Å². The third-order valence-corrected chi connectivity index (χ3v) is 5.54. The van der Waals surface area contributed by atoms with E-state index in [1.165, 1.54) is 0 Å². The molecule has 0 aliphatic heterocycles. The topological polar surface area (TPSA) is 35.5 Å². The summed E-state index contributed by atoms with van der Waals surface area (Å²) in [5, 5.41) is 0.576. The molecule has 0 aliphatic carbocycles. The monoisotopic (exact) mass is 408 g/mol.